The number of carboxylic acids is 1. The van der Waals surface area contributed by atoms with E-state index in [2.05, 4.69) is 10.5 Å². The van der Waals surface area contributed by atoms with E-state index in [0.29, 0.717) is 17.9 Å². The van der Waals surface area contributed by atoms with Gasteiger partial charge < -0.3 is 19.7 Å². The van der Waals surface area contributed by atoms with E-state index in [1.54, 1.807) is 20.2 Å². The van der Waals surface area contributed by atoms with Gasteiger partial charge in [0.15, 0.2) is 0 Å². The molecule has 1 amide bonds. The van der Waals surface area contributed by atoms with Crippen LogP contribution in [0.1, 0.15) is 37.1 Å². The van der Waals surface area contributed by atoms with Gasteiger partial charge in [-0.25, -0.2) is 0 Å². The quantitative estimate of drug-likeness (QED) is 0.750. The average Bonchev–Trinajstić information content (AvgIpc) is 3.32. The summed E-state index contributed by atoms with van der Waals surface area (Å²) in [5.74, 6) is -0.923. The second-order valence-electron chi connectivity index (χ2n) is 7.04. The maximum absolute atomic E-state index is 13.0. The Labute approximate surface area is 163 Å². The zero-order valence-corrected chi connectivity index (χ0v) is 16.2. The van der Waals surface area contributed by atoms with Crippen molar-refractivity contribution < 1.29 is 24.0 Å². The number of methoxy groups -OCH3 is 1. The first-order valence-electron chi connectivity index (χ1n) is 9.20. The fourth-order valence-corrected chi connectivity index (χ4v) is 4.07. The van der Waals surface area contributed by atoms with Crippen molar-refractivity contribution in [2.45, 2.75) is 37.9 Å². The van der Waals surface area contributed by atoms with Gasteiger partial charge in [-0.15, -0.1) is 0 Å². The summed E-state index contributed by atoms with van der Waals surface area (Å²) in [6, 6.07) is 8.71. The van der Waals surface area contributed by atoms with Gasteiger partial charge >= 0.3 is 5.97 Å². The van der Waals surface area contributed by atoms with Crippen LogP contribution in [0.2, 0.25) is 0 Å². The SMILES string of the molecule is CC[C@@]1(C(=O)O)C[C@H](C(=O)NCc2ccon2)[C@H](c2ccc(OC)cc2)N1C. The minimum absolute atomic E-state index is 0.202. The summed E-state index contributed by atoms with van der Waals surface area (Å²) < 4.78 is 9.99. The third-order valence-electron chi connectivity index (χ3n) is 5.74. The number of likely N-dealkylation sites (N-methyl/N-ethyl adjacent to an activating group) is 1. The lowest BCUT2D eigenvalue weighted by Crippen LogP contribution is -2.48. The van der Waals surface area contributed by atoms with E-state index in [4.69, 9.17) is 9.26 Å². The van der Waals surface area contributed by atoms with Gasteiger partial charge in [-0.2, -0.15) is 0 Å². The molecule has 2 aromatic rings. The number of rotatable bonds is 7. The normalized spacial score (nSPS) is 24.8. The Bertz CT molecular complexity index is 821. The molecule has 8 nitrogen and oxygen atoms in total. The number of carbonyl (C=O) groups is 2. The van der Waals surface area contributed by atoms with Crippen LogP contribution in [0.5, 0.6) is 5.75 Å². The molecule has 1 aromatic heterocycles. The standard InChI is InChI=1S/C20H25N3O5/c1-4-20(19(25)26)11-16(18(24)21-12-14-9-10-28-22-14)17(23(20)2)13-5-7-15(27-3)8-6-13/h5-10,16-17H,4,11-12H2,1-3H3,(H,21,24)(H,25,26)/t16-,17-,20-/m0/s1. The van der Waals surface area contributed by atoms with Gasteiger partial charge in [0.1, 0.15) is 23.2 Å². The molecule has 3 rings (SSSR count). The highest BCUT2D eigenvalue weighted by Gasteiger charge is 2.56. The number of aromatic nitrogens is 1. The number of nitrogens with one attached hydrogen (secondary N) is 1. The third kappa shape index (κ3) is 3.47. The fraction of sp³-hybridized carbons (Fsp3) is 0.450. The van der Waals surface area contributed by atoms with Crippen molar-refractivity contribution >= 4 is 11.9 Å². The third-order valence-corrected chi connectivity index (χ3v) is 5.74. The zero-order chi connectivity index (χ0) is 20.3. The Morgan fingerprint density at radius 2 is 2.07 bits per heavy atom. The molecular formula is C20H25N3O5. The predicted octanol–water partition coefficient (Wildman–Crippen LogP) is 2.23. The molecule has 1 aliphatic heterocycles. The van der Waals surface area contributed by atoms with E-state index in [-0.39, 0.29) is 24.9 Å². The van der Waals surface area contributed by atoms with Crippen LogP contribution in [-0.2, 0) is 16.1 Å². The highest BCUT2D eigenvalue weighted by Crippen LogP contribution is 2.47. The number of ether oxygens (including phenoxy) is 1. The van der Waals surface area contributed by atoms with Gasteiger partial charge in [0.05, 0.1) is 19.6 Å². The van der Waals surface area contributed by atoms with Gasteiger partial charge in [-0.3, -0.25) is 14.5 Å². The monoisotopic (exact) mass is 387 g/mol. The van der Waals surface area contributed by atoms with Crippen LogP contribution in [0.25, 0.3) is 0 Å². The molecule has 8 heteroatoms. The first kappa shape index (κ1) is 19.9. The summed E-state index contributed by atoms with van der Waals surface area (Å²) in [6.07, 6.45) is 2.08. The van der Waals surface area contributed by atoms with E-state index in [1.807, 2.05) is 36.1 Å². The zero-order valence-electron chi connectivity index (χ0n) is 16.2. The molecule has 3 atom stereocenters. The van der Waals surface area contributed by atoms with Crippen LogP contribution >= 0.6 is 0 Å². The molecule has 1 aromatic carbocycles. The fourth-order valence-electron chi connectivity index (χ4n) is 4.07. The van der Waals surface area contributed by atoms with Gasteiger partial charge in [-0.1, -0.05) is 24.2 Å². The summed E-state index contributed by atoms with van der Waals surface area (Å²) in [7, 11) is 3.36. The van der Waals surface area contributed by atoms with Crippen molar-refractivity contribution in [3.63, 3.8) is 0 Å². The second kappa shape index (κ2) is 8.02. The lowest BCUT2D eigenvalue weighted by molar-refractivity contribution is -0.150. The highest BCUT2D eigenvalue weighted by molar-refractivity contribution is 5.85. The molecular weight excluding hydrogens is 362 g/mol. The Hall–Kier alpha value is -2.87. The maximum Gasteiger partial charge on any atom is 0.324 e. The highest BCUT2D eigenvalue weighted by atomic mass is 16.5. The number of amides is 1. The molecule has 0 unspecified atom stereocenters. The van der Waals surface area contributed by atoms with Crippen molar-refractivity contribution in [3.05, 3.63) is 47.9 Å². The van der Waals surface area contributed by atoms with Crippen molar-refractivity contribution in [1.29, 1.82) is 0 Å². The molecule has 2 heterocycles. The molecule has 1 fully saturated rings. The number of nitrogens with zero attached hydrogens (tertiary/aromatic N) is 2. The van der Waals surface area contributed by atoms with Crippen LogP contribution in [0.3, 0.4) is 0 Å². The number of likely N-dealkylation sites (tertiary alicyclic amines) is 1. The number of carboxylic acid groups (broad SMARTS) is 1. The molecule has 150 valence electrons. The molecule has 0 saturated carbocycles. The molecule has 0 spiro atoms. The number of aliphatic carboxylic acids is 1. The molecule has 0 bridgehead atoms. The summed E-state index contributed by atoms with van der Waals surface area (Å²) in [4.78, 5) is 27.0. The van der Waals surface area contributed by atoms with Crippen molar-refractivity contribution in [1.82, 2.24) is 15.4 Å². The van der Waals surface area contributed by atoms with Crippen molar-refractivity contribution in [2.75, 3.05) is 14.2 Å². The number of hydrogen-bond donors (Lipinski definition) is 2. The number of carbonyl (C=O) groups excluding carboxylic acids is 1. The Kier molecular flexibility index (Phi) is 5.69. The minimum Gasteiger partial charge on any atom is -0.497 e. The van der Waals surface area contributed by atoms with Gasteiger partial charge in [-0.05, 0) is 37.6 Å². The maximum atomic E-state index is 13.0. The largest absolute Gasteiger partial charge is 0.497 e. The molecule has 0 radical (unpaired) electrons. The van der Waals surface area contributed by atoms with Crippen LogP contribution in [0, 0.1) is 5.92 Å². The number of benzene rings is 1. The van der Waals surface area contributed by atoms with E-state index in [0.717, 1.165) is 5.56 Å². The summed E-state index contributed by atoms with van der Waals surface area (Å²) in [5, 5.41) is 16.6. The Morgan fingerprint density at radius 1 is 1.36 bits per heavy atom. The minimum atomic E-state index is -1.10. The molecule has 0 aliphatic carbocycles. The number of hydrogen-bond acceptors (Lipinski definition) is 6. The Morgan fingerprint density at radius 3 is 2.61 bits per heavy atom. The van der Waals surface area contributed by atoms with E-state index in [1.165, 1.54) is 6.26 Å². The van der Waals surface area contributed by atoms with Crippen molar-refractivity contribution in [3.8, 4) is 5.75 Å². The summed E-state index contributed by atoms with van der Waals surface area (Å²) in [5.41, 5.74) is 0.391. The average molecular weight is 387 g/mol. The first-order chi connectivity index (χ1) is 13.4. The molecule has 28 heavy (non-hydrogen) atoms. The molecule has 2 N–H and O–H groups in total. The van der Waals surface area contributed by atoms with E-state index in [9.17, 15) is 14.7 Å². The molecule has 1 saturated heterocycles. The lowest BCUT2D eigenvalue weighted by atomic mass is 9.87. The van der Waals surface area contributed by atoms with E-state index >= 15 is 0 Å². The lowest BCUT2D eigenvalue weighted by Gasteiger charge is -2.34. The van der Waals surface area contributed by atoms with E-state index < -0.39 is 17.4 Å². The van der Waals surface area contributed by atoms with Crippen LogP contribution < -0.4 is 10.1 Å². The van der Waals surface area contributed by atoms with Crippen LogP contribution in [0.15, 0.2) is 41.1 Å². The second-order valence-corrected chi connectivity index (χ2v) is 7.04. The summed E-state index contributed by atoms with van der Waals surface area (Å²) in [6.45, 7) is 2.07. The smallest absolute Gasteiger partial charge is 0.324 e. The first-order valence-corrected chi connectivity index (χ1v) is 9.20. The van der Waals surface area contributed by atoms with Crippen LogP contribution in [-0.4, -0.2) is 46.7 Å². The van der Waals surface area contributed by atoms with Gasteiger partial charge in [0.2, 0.25) is 5.91 Å². The topological polar surface area (TPSA) is 105 Å². The molecule has 1 aliphatic rings. The van der Waals surface area contributed by atoms with Gasteiger partial charge in [0, 0.05) is 12.1 Å². The van der Waals surface area contributed by atoms with Gasteiger partial charge in [0.25, 0.3) is 0 Å². The predicted molar refractivity (Wildman–Crippen MR) is 101 cm³/mol. The van der Waals surface area contributed by atoms with Crippen molar-refractivity contribution in [2.24, 2.45) is 5.92 Å². The van der Waals surface area contributed by atoms with Crippen LogP contribution in [0.4, 0.5) is 0 Å². The summed E-state index contributed by atoms with van der Waals surface area (Å²) >= 11 is 0. The Balaban J connectivity index is 1.90.